The maximum Gasteiger partial charge on any atom is 0.265 e. The Morgan fingerprint density at radius 3 is 2.74 bits per heavy atom. The van der Waals surface area contributed by atoms with Crippen LogP contribution in [0.4, 0.5) is 5.69 Å². The number of rotatable bonds is 5. The fourth-order valence-electron chi connectivity index (χ4n) is 2.03. The average Bonchev–Trinajstić information content (AvgIpc) is 3.10. The highest BCUT2D eigenvalue weighted by Crippen LogP contribution is 2.20. The average molecular weight is 309 g/mol. The Morgan fingerprint density at radius 2 is 2.00 bits per heavy atom. The topological polar surface area (TPSA) is 77.2 Å². The molecule has 3 rings (SSSR count). The van der Waals surface area contributed by atoms with Crippen LogP contribution < -0.4 is 10.1 Å². The van der Waals surface area contributed by atoms with E-state index in [1.807, 2.05) is 24.3 Å². The molecule has 23 heavy (non-hydrogen) atoms. The van der Waals surface area contributed by atoms with Crippen molar-refractivity contribution in [3.63, 3.8) is 0 Å². The second-order valence-electron chi connectivity index (χ2n) is 4.89. The third-order valence-electron chi connectivity index (χ3n) is 3.16. The van der Waals surface area contributed by atoms with Crippen molar-refractivity contribution in [1.29, 1.82) is 0 Å². The summed E-state index contributed by atoms with van der Waals surface area (Å²) in [6.45, 7) is 1.70. The van der Waals surface area contributed by atoms with Crippen LogP contribution in [0, 0.1) is 0 Å². The standard InChI is InChI=1S/C17H15N3O3/c1-12(23-15-8-3-2-4-9-15)16(21)19-14-7-5-6-13(10-14)17-20-18-11-22-17/h2-12H,1H3,(H,19,21). The van der Waals surface area contributed by atoms with Crippen molar-refractivity contribution in [2.24, 2.45) is 0 Å². The number of amides is 1. The van der Waals surface area contributed by atoms with Gasteiger partial charge in [0, 0.05) is 11.3 Å². The minimum Gasteiger partial charge on any atom is -0.481 e. The molecule has 0 bridgehead atoms. The smallest absolute Gasteiger partial charge is 0.265 e. The van der Waals surface area contributed by atoms with Gasteiger partial charge in [-0.25, -0.2) is 0 Å². The fourth-order valence-corrected chi connectivity index (χ4v) is 2.03. The largest absolute Gasteiger partial charge is 0.481 e. The Morgan fingerprint density at radius 1 is 1.17 bits per heavy atom. The van der Waals surface area contributed by atoms with Crippen LogP contribution in [-0.4, -0.2) is 22.2 Å². The highest BCUT2D eigenvalue weighted by atomic mass is 16.5. The van der Waals surface area contributed by atoms with Gasteiger partial charge in [-0.1, -0.05) is 24.3 Å². The van der Waals surface area contributed by atoms with Gasteiger partial charge in [0.05, 0.1) is 0 Å². The minimum absolute atomic E-state index is 0.239. The van der Waals surface area contributed by atoms with Gasteiger partial charge < -0.3 is 14.5 Å². The van der Waals surface area contributed by atoms with E-state index in [-0.39, 0.29) is 5.91 Å². The van der Waals surface area contributed by atoms with Crippen molar-refractivity contribution >= 4 is 11.6 Å². The van der Waals surface area contributed by atoms with Gasteiger partial charge in [0.15, 0.2) is 6.10 Å². The highest BCUT2D eigenvalue weighted by Gasteiger charge is 2.15. The molecule has 2 aromatic carbocycles. The molecule has 116 valence electrons. The van der Waals surface area contributed by atoms with Gasteiger partial charge in [0.2, 0.25) is 12.3 Å². The molecule has 1 aromatic heterocycles. The van der Waals surface area contributed by atoms with E-state index in [1.54, 1.807) is 37.3 Å². The summed E-state index contributed by atoms with van der Waals surface area (Å²) in [5.74, 6) is 0.806. The Bertz CT molecular complexity index is 773. The monoisotopic (exact) mass is 309 g/mol. The van der Waals surface area contributed by atoms with Gasteiger partial charge >= 0.3 is 0 Å². The number of benzene rings is 2. The van der Waals surface area contributed by atoms with Crippen molar-refractivity contribution in [3.05, 3.63) is 61.0 Å². The summed E-state index contributed by atoms with van der Waals surface area (Å²) in [5, 5.41) is 10.3. The van der Waals surface area contributed by atoms with Crippen LogP contribution in [0.25, 0.3) is 11.5 Å². The van der Waals surface area contributed by atoms with E-state index < -0.39 is 6.10 Å². The Labute approximate surface area is 133 Å². The van der Waals surface area contributed by atoms with Gasteiger partial charge in [-0.2, -0.15) is 0 Å². The number of carbonyl (C=O) groups excluding carboxylic acids is 1. The van der Waals surface area contributed by atoms with Crippen LogP contribution in [0.3, 0.4) is 0 Å². The molecule has 0 aliphatic rings. The molecule has 1 N–H and O–H groups in total. The molecule has 0 aliphatic heterocycles. The fraction of sp³-hybridized carbons (Fsp3) is 0.118. The molecule has 0 fully saturated rings. The molecule has 0 spiro atoms. The molecule has 6 heteroatoms. The van der Waals surface area contributed by atoms with Gasteiger partial charge in [0.1, 0.15) is 5.75 Å². The normalized spacial score (nSPS) is 11.7. The maximum atomic E-state index is 12.2. The molecule has 1 atom stereocenters. The van der Waals surface area contributed by atoms with Crippen LogP contribution in [0.15, 0.2) is 65.4 Å². The molecular weight excluding hydrogens is 294 g/mol. The van der Waals surface area contributed by atoms with Crippen molar-refractivity contribution < 1.29 is 13.9 Å². The Kier molecular flexibility index (Phi) is 4.33. The number of carbonyl (C=O) groups is 1. The zero-order valence-corrected chi connectivity index (χ0v) is 12.5. The Balaban J connectivity index is 1.67. The summed E-state index contributed by atoms with van der Waals surface area (Å²) in [6, 6.07) is 16.4. The first-order chi connectivity index (χ1) is 11.2. The molecule has 6 nitrogen and oxygen atoms in total. The lowest BCUT2D eigenvalue weighted by atomic mass is 10.2. The van der Waals surface area contributed by atoms with Crippen molar-refractivity contribution in [2.75, 3.05) is 5.32 Å². The number of aromatic nitrogens is 2. The summed E-state index contributed by atoms with van der Waals surface area (Å²) in [4.78, 5) is 12.2. The van der Waals surface area contributed by atoms with E-state index in [1.165, 1.54) is 6.39 Å². The molecule has 0 saturated heterocycles. The second-order valence-corrected chi connectivity index (χ2v) is 4.89. The van der Waals surface area contributed by atoms with Crippen LogP contribution in [0.5, 0.6) is 5.75 Å². The number of hydrogen-bond acceptors (Lipinski definition) is 5. The van der Waals surface area contributed by atoms with Crippen molar-refractivity contribution in [1.82, 2.24) is 10.2 Å². The third kappa shape index (κ3) is 3.74. The van der Waals surface area contributed by atoms with Crippen LogP contribution in [0.1, 0.15) is 6.92 Å². The summed E-state index contributed by atoms with van der Waals surface area (Å²) in [7, 11) is 0. The first kappa shape index (κ1) is 14.8. The van der Waals surface area contributed by atoms with Gasteiger partial charge in [-0.3, -0.25) is 4.79 Å². The molecule has 1 amide bonds. The van der Waals surface area contributed by atoms with E-state index in [2.05, 4.69) is 15.5 Å². The molecule has 3 aromatic rings. The SMILES string of the molecule is CC(Oc1ccccc1)C(=O)Nc1cccc(-c2nnco2)c1. The summed E-state index contributed by atoms with van der Waals surface area (Å²) in [6.07, 6.45) is 0.639. The van der Waals surface area contributed by atoms with E-state index in [9.17, 15) is 4.79 Å². The zero-order valence-electron chi connectivity index (χ0n) is 12.5. The zero-order chi connectivity index (χ0) is 16.1. The lowest BCUT2D eigenvalue weighted by molar-refractivity contribution is -0.122. The van der Waals surface area contributed by atoms with E-state index in [4.69, 9.17) is 9.15 Å². The minimum atomic E-state index is -0.621. The summed E-state index contributed by atoms with van der Waals surface area (Å²) >= 11 is 0. The van der Waals surface area contributed by atoms with E-state index in [0.717, 1.165) is 5.56 Å². The number of ether oxygens (including phenoxy) is 1. The van der Waals surface area contributed by atoms with Crippen LogP contribution in [0.2, 0.25) is 0 Å². The molecule has 1 unspecified atom stereocenters. The molecule has 1 heterocycles. The predicted octanol–water partition coefficient (Wildman–Crippen LogP) is 3.14. The first-order valence-corrected chi connectivity index (χ1v) is 7.11. The van der Waals surface area contributed by atoms with Gasteiger partial charge in [0.25, 0.3) is 5.91 Å². The lowest BCUT2D eigenvalue weighted by Gasteiger charge is -2.14. The quantitative estimate of drug-likeness (QED) is 0.783. The van der Waals surface area contributed by atoms with Crippen molar-refractivity contribution in [3.8, 4) is 17.2 Å². The molecule has 0 saturated carbocycles. The lowest BCUT2D eigenvalue weighted by Crippen LogP contribution is -2.30. The number of nitrogens with zero attached hydrogens (tertiary/aromatic N) is 2. The Hall–Kier alpha value is -3.15. The molecule has 0 aliphatic carbocycles. The summed E-state index contributed by atoms with van der Waals surface area (Å²) < 4.78 is 10.7. The number of para-hydroxylation sites is 1. The van der Waals surface area contributed by atoms with Crippen molar-refractivity contribution in [2.45, 2.75) is 13.0 Å². The first-order valence-electron chi connectivity index (χ1n) is 7.11. The van der Waals surface area contributed by atoms with E-state index in [0.29, 0.717) is 17.3 Å². The van der Waals surface area contributed by atoms with Gasteiger partial charge in [-0.15, -0.1) is 10.2 Å². The predicted molar refractivity (Wildman–Crippen MR) is 84.9 cm³/mol. The second kappa shape index (κ2) is 6.74. The van der Waals surface area contributed by atoms with Crippen LogP contribution >= 0.6 is 0 Å². The van der Waals surface area contributed by atoms with Gasteiger partial charge in [-0.05, 0) is 37.3 Å². The number of anilines is 1. The number of nitrogens with one attached hydrogen (secondary N) is 1. The third-order valence-corrected chi connectivity index (χ3v) is 3.16. The van der Waals surface area contributed by atoms with E-state index >= 15 is 0 Å². The molecule has 0 radical (unpaired) electrons. The highest BCUT2D eigenvalue weighted by molar-refractivity contribution is 5.94. The van der Waals surface area contributed by atoms with Crippen LogP contribution in [-0.2, 0) is 4.79 Å². The number of hydrogen-bond donors (Lipinski definition) is 1. The maximum absolute atomic E-state index is 12.2. The molecular formula is C17H15N3O3. The summed E-state index contributed by atoms with van der Waals surface area (Å²) in [5.41, 5.74) is 1.37.